The predicted molar refractivity (Wildman–Crippen MR) is 83.0 cm³/mol. The number of fused-ring (bicyclic) bond motifs is 1. The molecular formula is C18H27NO. The summed E-state index contributed by atoms with van der Waals surface area (Å²) in [6, 6.07) is 9.24. The first-order chi connectivity index (χ1) is 9.85. The fourth-order valence-corrected chi connectivity index (χ4v) is 4.13. The van der Waals surface area contributed by atoms with E-state index in [0.717, 1.165) is 30.0 Å². The molecule has 0 amide bonds. The first-order valence-corrected chi connectivity index (χ1v) is 8.22. The summed E-state index contributed by atoms with van der Waals surface area (Å²) >= 11 is 0. The van der Waals surface area contributed by atoms with E-state index >= 15 is 0 Å². The van der Waals surface area contributed by atoms with E-state index in [9.17, 15) is 0 Å². The molecule has 0 saturated heterocycles. The highest BCUT2D eigenvalue weighted by Crippen LogP contribution is 2.60. The second kappa shape index (κ2) is 6.17. The van der Waals surface area contributed by atoms with E-state index in [1.54, 1.807) is 7.11 Å². The summed E-state index contributed by atoms with van der Waals surface area (Å²) < 4.78 is 5.28. The quantitative estimate of drug-likeness (QED) is 0.840. The molecule has 20 heavy (non-hydrogen) atoms. The average Bonchev–Trinajstić information content (AvgIpc) is 3.23. The van der Waals surface area contributed by atoms with Gasteiger partial charge in [-0.25, -0.2) is 0 Å². The molecule has 3 atom stereocenters. The summed E-state index contributed by atoms with van der Waals surface area (Å²) in [5.74, 6) is 3.80. The molecule has 0 aromatic heterocycles. The van der Waals surface area contributed by atoms with Gasteiger partial charge in [0.2, 0.25) is 0 Å². The van der Waals surface area contributed by atoms with Gasteiger partial charge in [-0.1, -0.05) is 31.9 Å². The van der Waals surface area contributed by atoms with Crippen molar-refractivity contribution in [2.24, 2.45) is 17.8 Å². The van der Waals surface area contributed by atoms with E-state index in [1.165, 1.54) is 37.7 Å². The number of nitrogens with one attached hydrogen (secondary N) is 1. The summed E-state index contributed by atoms with van der Waals surface area (Å²) in [6.07, 6.45) is 7.00. The Morgan fingerprint density at radius 3 is 2.35 bits per heavy atom. The van der Waals surface area contributed by atoms with Gasteiger partial charge in [-0.2, -0.15) is 0 Å². The summed E-state index contributed by atoms with van der Waals surface area (Å²) in [5, 5.41) is 3.80. The number of ether oxygens (including phenoxy) is 1. The first kappa shape index (κ1) is 13.9. The van der Waals surface area contributed by atoms with Gasteiger partial charge in [-0.15, -0.1) is 0 Å². The Morgan fingerprint density at radius 1 is 1.15 bits per heavy atom. The molecule has 110 valence electrons. The Balaban J connectivity index is 1.75. The van der Waals surface area contributed by atoms with Crippen LogP contribution < -0.4 is 10.1 Å². The molecule has 2 heteroatoms. The molecule has 0 bridgehead atoms. The van der Waals surface area contributed by atoms with Crippen molar-refractivity contribution in [3.05, 3.63) is 29.8 Å². The molecule has 1 N–H and O–H groups in total. The lowest BCUT2D eigenvalue weighted by Crippen LogP contribution is -2.25. The van der Waals surface area contributed by atoms with Crippen LogP contribution in [0.3, 0.4) is 0 Å². The minimum atomic E-state index is 0.550. The van der Waals surface area contributed by atoms with E-state index in [4.69, 9.17) is 4.74 Å². The van der Waals surface area contributed by atoms with Gasteiger partial charge in [0, 0.05) is 6.04 Å². The number of hydrogen-bond acceptors (Lipinski definition) is 2. The van der Waals surface area contributed by atoms with Gasteiger partial charge in [0.05, 0.1) is 7.11 Å². The van der Waals surface area contributed by atoms with E-state index in [1.807, 2.05) is 0 Å². The third-order valence-corrected chi connectivity index (χ3v) is 5.20. The van der Waals surface area contributed by atoms with Gasteiger partial charge < -0.3 is 10.1 Å². The van der Waals surface area contributed by atoms with Gasteiger partial charge >= 0.3 is 0 Å². The number of methoxy groups -OCH3 is 1. The topological polar surface area (TPSA) is 21.3 Å². The minimum Gasteiger partial charge on any atom is -0.497 e. The molecule has 2 saturated carbocycles. The molecular weight excluding hydrogens is 246 g/mol. The molecule has 0 radical (unpaired) electrons. The minimum absolute atomic E-state index is 0.550. The maximum Gasteiger partial charge on any atom is 0.118 e. The maximum absolute atomic E-state index is 5.28. The molecule has 3 unspecified atom stereocenters. The Morgan fingerprint density at radius 2 is 1.80 bits per heavy atom. The zero-order chi connectivity index (χ0) is 13.9. The third kappa shape index (κ3) is 2.71. The Kier molecular flexibility index (Phi) is 4.30. The number of rotatable bonds is 6. The van der Waals surface area contributed by atoms with Crippen LogP contribution in [0.2, 0.25) is 0 Å². The monoisotopic (exact) mass is 273 g/mol. The van der Waals surface area contributed by atoms with Crippen molar-refractivity contribution < 1.29 is 4.74 Å². The molecule has 1 aromatic rings. The fraction of sp³-hybridized carbons (Fsp3) is 0.667. The fourth-order valence-electron chi connectivity index (χ4n) is 4.13. The van der Waals surface area contributed by atoms with Crippen LogP contribution in [0.25, 0.3) is 0 Å². The second-order valence-electron chi connectivity index (χ2n) is 6.39. The first-order valence-electron chi connectivity index (χ1n) is 8.22. The molecule has 2 aliphatic carbocycles. The number of hydrogen-bond donors (Lipinski definition) is 1. The van der Waals surface area contributed by atoms with Gasteiger partial charge in [-0.3, -0.25) is 0 Å². The van der Waals surface area contributed by atoms with Crippen LogP contribution >= 0.6 is 0 Å². The number of benzene rings is 1. The summed E-state index contributed by atoms with van der Waals surface area (Å²) in [6.45, 7) is 3.37. The van der Waals surface area contributed by atoms with Crippen molar-refractivity contribution in [1.29, 1.82) is 0 Å². The van der Waals surface area contributed by atoms with E-state index in [-0.39, 0.29) is 0 Å². The molecule has 1 aromatic carbocycles. The van der Waals surface area contributed by atoms with E-state index < -0.39 is 0 Å². The van der Waals surface area contributed by atoms with Crippen LogP contribution in [0, 0.1) is 17.8 Å². The van der Waals surface area contributed by atoms with E-state index in [2.05, 4.69) is 36.5 Å². The lowest BCUT2D eigenvalue weighted by atomic mass is 9.99. The van der Waals surface area contributed by atoms with Crippen molar-refractivity contribution in [2.75, 3.05) is 13.7 Å². The average molecular weight is 273 g/mol. The van der Waals surface area contributed by atoms with Crippen LogP contribution in [0.4, 0.5) is 0 Å². The lowest BCUT2D eigenvalue weighted by Gasteiger charge is -2.20. The van der Waals surface area contributed by atoms with E-state index in [0.29, 0.717) is 6.04 Å². The van der Waals surface area contributed by atoms with Gasteiger partial charge in [0.25, 0.3) is 0 Å². The SMILES string of the molecule is CCCNC(c1ccc(OC)cc1)C1C2CCCCC21. The van der Waals surface area contributed by atoms with Crippen LogP contribution in [0.1, 0.15) is 50.6 Å². The molecule has 0 aliphatic heterocycles. The summed E-state index contributed by atoms with van der Waals surface area (Å²) in [7, 11) is 1.73. The Hall–Kier alpha value is -1.02. The van der Waals surface area contributed by atoms with Crippen LogP contribution in [0.15, 0.2) is 24.3 Å². The molecule has 2 aliphatic rings. The zero-order valence-corrected chi connectivity index (χ0v) is 12.8. The molecule has 0 heterocycles. The van der Waals surface area contributed by atoms with Crippen molar-refractivity contribution in [2.45, 2.75) is 45.1 Å². The van der Waals surface area contributed by atoms with Crippen molar-refractivity contribution >= 4 is 0 Å². The molecule has 0 spiro atoms. The predicted octanol–water partition coefficient (Wildman–Crippen LogP) is 4.17. The van der Waals surface area contributed by atoms with Gasteiger partial charge in [-0.05, 0) is 61.3 Å². The van der Waals surface area contributed by atoms with Crippen LogP contribution in [-0.2, 0) is 0 Å². The van der Waals surface area contributed by atoms with Crippen LogP contribution in [0.5, 0.6) is 5.75 Å². The maximum atomic E-state index is 5.28. The largest absolute Gasteiger partial charge is 0.497 e. The zero-order valence-electron chi connectivity index (χ0n) is 12.8. The lowest BCUT2D eigenvalue weighted by molar-refractivity contribution is 0.412. The highest BCUT2D eigenvalue weighted by molar-refractivity contribution is 5.31. The normalized spacial score (nSPS) is 29.6. The highest BCUT2D eigenvalue weighted by atomic mass is 16.5. The smallest absolute Gasteiger partial charge is 0.118 e. The van der Waals surface area contributed by atoms with Crippen molar-refractivity contribution in [3.63, 3.8) is 0 Å². The summed E-state index contributed by atoms with van der Waals surface area (Å²) in [4.78, 5) is 0. The standard InChI is InChI=1S/C18H27NO/c1-3-12-19-18(13-8-10-14(20-2)11-9-13)17-15-6-4-5-7-16(15)17/h8-11,15-19H,3-7,12H2,1-2H3. The van der Waals surface area contributed by atoms with Gasteiger partial charge in [0.1, 0.15) is 5.75 Å². The summed E-state index contributed by atoms with van der Waals surface area (Å²) in [5.41, 5.74) is 1.44. The van der Waals surface area contributed by atoms with Crippen LogP contribution in [-0.4, -0.2) is 13.7 Å². The Labute approximate surface area is 122 Å². The molecule has 2 fully saturated rings. The second-order valence-corrected chi connectivity index (χ2v) is 6.39. The third-order valence-electron chi connectivity index (χ3n) is 5.20. The van der Waals surface area contributed by atoms with Gasteiger partial charge in [0.15, 0.2) is 0 Å². The Bertz CT molecular complexity index is 416. The van der Waals surface area contributed by atoms with Crippen molar-refractivity contribution in [1.82, 2.24) is 5.32 Å². The van der Waals surface area contributed by atoms with Crippen molar-refractivity contribution in [3.8, 4) is 5.75 Å². The molecule has 2 nitrogen and oxygen atoms in total. The highest BCUT2D eigenvalue weighted by Gasteiger charge is 2.54. The molecule has 3 rings (SSSR count).